The van der Waals surface area contributed by atoms with E-state index in [0.29, 0.717) is 5.92 Å². The number of nitrogens with zero attached hydrogens (tertiary/aromatic N) is 2. The van der Waals surface area contributed by atoms with E-state index in [1.807, 2.05) is 19.2 Å². The molecule has 5 heteroatoms. The Kier molecular flexibility index (Phi) is 5.16. The fourth-order valence-corrected chi connectivity index (χ4v) is 4.04. The summed E-state index contributed by atoms with van der Waals surface area (Å²) < 4.78 is 5.66. The average Bonchev–Trinajstić information content (AvgIpc) is 2.58. The third-order valence-corrected chi connectivity index (χ3v) is 5.22. The molecule has 0 fully saturated rings. The van der Waals surface area contributed by atoms with Crippen molar-refractivity contribution < 1.29 is 9.53 Å². The van der Waals surface area contributed by atoms with E-state index in [9.17, 15) is 4.79 Å². The molecule has 136 valence electrons. The molecule has 0 spiro atoms. The number of hydrogen-bond acceptors (Lipinski definition) is 4. The number of carbonyl (C=O) groups is 1. The molecular weight excluding hydrogens is 314 g/mol. The van der Waals surface area contributed by atoms with Crippen LogP contribution in [-0.2, 0) is 4.74 Å². The van der Waals surface area contributed by atoms with Crippen LogP contribution in [0.5, 0.6) is 0 Å². The Morgan fingerprint density at radius 1 is 1.36 bits per heavy atom. The van der Waals surface area contributed by atoms with Crippen LogP contribution < -0.4 is 15.8 Å². The molecule has 0 saturated heterocycles. The van der Waals surface area contributed by atoms with Gasteiger partial charge in [-0.2, -0.15) is 0 Å². The second kappa shape index (κ2) is 7.18. The molecule has 1 aliphatic heterocycles. The molecule has 0 saturated carbocycles. The maximum absolute atomic E-state index is 12.7. The molecule has 0 bridgehead atoms. The Labute approximate surface area is 149 Å². The highest BCUT2D eigenvalue weighted by molar-refractivity contribution is 5.98. The van der Waals surface area contributed by atoms with E-state index >= 15 is 0 Å². The molecule has 1 N–H and O–H groups in total. The highest BCUT2D eigenvalue weighted by Crippen LogP contribution is 2.28. The summed E-state index contributed by atoms with van der Waals surface area (Å²) in [6.45, 7) is 4.26. The van der Waals surface area contributed by atoms with Gasteiger partial charge in [0.2, 0.25) is 0 Å². The van der Waals surface area contributed by atoms with Crippen molar-refractivity contribution in [3.8, 4) is 0 Å². The third-order valence-electron chi connectivity index (χ3n) is 5.22. The van der Waals surface area contributed by atoms with Crippen LogP contribution in [0, 0.1) is 5.92 Å². The van der Waals surface area contributed by atoms with Gasteiger partial charge in [-0.15, -0.1) is 0 Å². The summed E-state index contributed by atoms with van der Waals surface area (Å²) in [6, 6.07) is 6.06. The van der Waals surface area contributed by atoms with Crippen LogP contribution in [0.2, 0.25) is 0 Å². The summed E-state index contributed by atoms with van der Waals surface area (Å²) in [6.07, 6.45) is 1.74. The maximum Gasteiger partial charge on any atom is 0.256 e. The van der Waals surface area contributed by atoms with Gasteiger partial charge in [0.1, 0.15) is 0 Å². The first-order chi connectivity index (χ1) is 12.0. The van der Waals surface area contributed by atoms with E-state index in [0.717, 1.165) is 36.7 Å². The van der Waals surface area contributed by atoms with E-state index < -0.39 is 0 Å². The van der Waals surface area contributed by atoms with E-state index in [4.69, 9.17) is 4.74 Å². The molecule has 3 rings (SSSR count). The molecule has 0 radical (unpaired) electrons. The van der Waals surface area contributed by atoms with Crippen molar-refractivity contribution in [3.63, 3.8) is 0 Å². The quantitative estimate of drug-likeness (QED) is 0.768. The first-order valence-electron chi connectivity index (χ1n) is 9.00. The number of carbonyl (C=O) groups excluding carboxylic acids is 1. The van der Waals surface area contributed by atoms with Crippen molar-refractivity contribution in [3.05, 3.63) is 34.2 Å². The summed E-state index contributed by atoms with van der Waals surface area (Å²) >= 11 is 0. The van der Waals surface area contributed by atoms with Gasteiger partial charge in [-0.3, -0.25) is 4.79 Å². The molecule has 1 aromatic rings. The lowest BCUT2D eigenvalue weighted by Crippen LogP contribution is -2.54. The summed E-state index contributed by atoms with van der Waals surface area (Å²) in [7, 11) is 7.69. The lowest BCUT2D eigenvalue weighted by molar-refractivity contribution is 0.0176. The normalized spacial score (nSPS) is 22.5. The van der Waals surface area contributed by atoms with Gasteiger partial charge in [-0.05, 0) is 50.3 Å². The van der Waals surface area contributed by atoms with Crippen LogP contribution in [0.3, 0.4) is 0 Å². The second-order valence-electron chi connectivity index (χ2n) is 7.36. The minimum atomic E-state index is -0.265. The van der Waals surface area contributed by atoms with E-state index in [1.165, 1.54) is 16.5 Å². The fourth-order valence-electron chi connectivity index (χ4n) is 4.04. The Morgan fingerprint density at radius 3 is 2.80 bits per heavy atom. The summed E-state index contributed by atoms with van der Waals surface area (Å²) in [5.41, 5.74) is 3.27. The summed E-state index contributed by atoms with van der Waals surface area (Å²) in [4.78, 5) is 16.7. The highest BCUT2D eigenvalue weighted by Gasteiger charge is 2.34. The number of hydrogen-bond donors (Lipinski definition) is 1. The Hall–Kier alpha value is -1.85. The van der Waals surface area contributed by atoms with Crippen LogP contribution in [-0.4, -0.2) is 63.3 Å². The highest BCUT2D eigenvalue weighted by atomic mass is 16.5. The van der Waals surface area contributed by atoms with Gasteiger partial charge in [0.25, 0.3) is 5.91 Å². The molecule has 2 atom stereocenters. The fraction of sp³-hybridized carbons (Fsp3) is 0.550. The standard InChI is InChI=1S/C20H29N3O2/c1-13-12-16-17-14(18(13)21-10-7-11-22(2)3)8-6-9-15(17)19(24)23(4)20(16)25-5/h6,8-9,13,20-21H,7,10-12H2,1-5H3. The Balaban J connectivity index is 2.08. The zero-order valence-corrected chi connectivity index (χ0v) is 15.9. The van der Waals surface area contributed by atoms with Crippen molar-refractivity contribution in [2.75, 3.05) is 41.3 Å². The lowest BCUT2D eigenvalue weighted by Gasteiger charge is -2.37. The zero-order valence-electron chi connectivity index (χ0n) is 15.9. The van der Waals surface area contributed by atoms with Crippen molar-refractivity contribution in [2.45, 2.75) is 26.0 Å². The van der Waals surface area contributed by atoms with Crippen molar-refractivity contribution in [1.29, 1.82) is 0 Å². The molecule has 0 aromatic heterocycles. The van der Waals surface area contributed by atoms with Crippen molar-refractivity contribution in [2.24, 2.45) is 5.92 Å². The van der Waals surface area contributed by atoms with Crippen LogP contribution in [0.4, 0.5) is 0 Å². The van der Waals surface area contributed by atoms with Gasteiger partial charge in [-0.1, -0.05) is 19.1 Å². The van der Waals surface area contributed by atoms with Gasteiger partial charge in [0.15, 0.2) is 6.23 Å². The Morgan fingerprint density at radius 2 is 2.12 bits per heavy atom. The third kappa shape index (κ3) is 3.18. The number of amides is 1. The minimum absolute atomic E-state index is 0.0361. The SMILES string of the molecule is COC1C2=c3c(cccc3=C(NCCCN(C)C)C(C)C2)C(=O)N1C. The molecule has 25 heavy (non-hydrogen) atoms. The largest absolute Gasteiger partial charge is 0.388 e. The average molecular weight is 343 g/mol. The number of ether oxygens (including phenoxy) is 1. The number of nitrogens with one attached hydrogen (secondary N) is 1. The minimum Gasteiger partial charge on any atom is -0.388 e. The van der Waals surface area contributed by atoms with Crippen LogP contribution in [0.15, 0.2) is 18.2 Å². The number of rotatable bonds is 6. The number of benzene rings is 1. The van der Waals surface area contributed by atoms with Gasteiger partial charge in [0, 0.05) is 43.1 Å². The van der Waals surface area contributed by atoms with Crippen molar-refractivity contribution in [1.82, 2.24) is 15.1 Å². The molecule has 1 aliphatic carbocycles. The van der Waals surface area contributed by atoms with E-state index in [2.05, 4.69) is 37.3 Å². The summed E-state index contributed by atoms with van der Waals surface area (Å²) in [5, 5.41) is 5.90. The first-order valence-corrected chi connectivity index (χ1v) is 9.00. The van der Waals surface area contributed by atoms with Crippen LogP contribution in [0.25, 0.3) is 11.3 Å². The second-order valence-corrected chi connectivity index (χ2v) is 7.36. The molecule has 1 amide bonds. The van der Waals surface area contributed by atoms with Crippen LogP contribution >= 0.6 is 0 Å². The van der Waals surface area contributed by atoms with E-state index in [1.54, 1.807) is 12.0 Å². The van der Waals surface area contributed by atoms with Gasteiger partial charge < -0.3 is 19.9 Å². The van der Waals surface area contributed by atoms with Crippen LogP contribution in [0.1, 0.15) is 30.1 Å². The molecule has 2 unspecified atom stereocenters. The van der Waals surface area contributed by atoms with E-state index in [-0.39, 0.29) is 12.1 Å². The maximum atomic E-state index is 12.7. The Bertz CT molecular complexity index is 785. The molecule has 1 aromatic carbocycles. The molecule has 2 aliphatic rings. The predicted octanol–water partition coefficient (Wildman–Crippen LogP) is 0.585. The van der Waals surface area contributed by atoms with Gasteiger partial charge in [0.05, 0.1) is 0 Å². The monoisotopic (exact) mass is 343 g/mol. The molecule has 5 nitrogen and oxygen atoms in total. The molecule has 1 heterocycles. The smallest absolute Gasteiger partial charge is 0.256 e. The molecular formula is C20H29N3O2. The first kappa shape index (κ1) is 18.0. The van der Waals surface area contributed by atoms with Gasteiger partial charge >= 0.3 is 0 Å². The summed E-state index contributed by atoms with van der Waals surface area (Å²) in [5.74, 6) is 0.422. The lowest BCUT2D eigenvalue weighted by atomic mass is 9.84. The zero-order chi connectivity index (χ0) is 18.1. The van der Waals surface area contributed by atoms with Gasteiger partial charge in [-0.25, -0.2) is 0 Å². The predicted molar refractivity (Wildman–Crippen MR) is 100 cm³/mol. The van der Waals surface area contributed by atoms with Crippen molar-refractivity contribution >= 4 is 17.2 Å². The topological polar surface area (TPSA) is 44.8 Å². The number of methoxy groups -OCH3 is 1.